The zero-order valence-corrected chi connectivity index (χ0v) is 19.4. The molecule has 0 aliphatic carbocycles. The molecule has 0 unspecified atom stereocenters. The van der Waals surface area contributed by atoms with Crippen molar-refractivity contribution in [2.45, 2.75) is 39.0 Å². The van der Waals surface area contributed by atoms with Gasteiger partial charge in [0, 0.05) is 37.1 Å². The minimum Gasteiger partial charge on any atom is -0.465 e. The van der Waals surface area contributed by atoms with E-state index in [0.29, 0.717) is 29.4 Å². The topological polar surface area (TPSA) is 133 Å². The number of piperidine rings is 1. The van der Waals surface area contributed by atoms with Gasteiger partial charge in [0.05, 0.1) is 11.7 Å². The number of carbonyl (C=O) groups is 2. The molecule has 2 amide bonds. The van der Waals surface area contributed by atoms with Gasteiger partial charge >= 0.3 is 6.09 Å². The second kappa shape index (κ2) is 7.89. The molecule has 178 valence electrons. The molecule has 4 N–H and O–H groups in total. The van der Waals surface area contributed by atoms with Crippen LogP contribution in [0.25, 0.3) is 11.1 Å². The lowest BCUT2D eigenvalue weighted by Gasteiger charge is -2.39. The maximum Gasteiger partial charge on any atom is 0.404 e. The van der Waals surface area contributed by atoms with E-state index in [1.165, 1.54) is 0 Å². The van der Waals surface area contributed by atoms with Gasteiger partial charge in [-0.2, -0.15) is 4.98 Å². The lowest BCUT2D eigenvalue weighted by molar-refractivity contribution is -0.119. The predicted molar refractivity (Wildman–Crippen MR) is 129 cm³/mol. The fraction of sp³-hybridized carbons (Fsp3) is 0.417. The van der Waals surface area contributed by atoms with E-state index in [2.05, 4.69) is 32.8 Å². The molecule has 0 spiro atoms. The summed E-state index contributed by atoms with van der Waals surface area (Å²) in [4.78, 5) is 34.7. The highest BCUT2D eigenvalue weighted by molar-refractivity contribution is 6.06. The fourth-order valence-electron chi connectivity index (χ4n) is 4.64. The number of carboxylic acid groups (broad SMARTS) is 1. The number of fused-ring (bicyclic) bond motifs is 2. The number of hydrogen-bond donors (Lipinski definition) is 4. The van der Waals surface area contributed by atoms with Gasteiger partial charge in [0.2, 0.25) is 11.9 Å². The lowest BCUT2D eigenvalue weighted by atomic mass is 9.80. The Kier molecular flexibility index (Phi) is 5.11. The molecule has 34 heavy (non-hydrogen) atoms. The van der Waals surface area contributed by atoms with Crippen LogP contribution < -0.4 is 20.9 Å². The number of hydrogen-bond acceptors (Lipinski definition) is 7. The Balaban J connectivity index is 1.38. The van der Waals surface area contributed by atoms with Gasteiger partial charge in [-0.25, -0.2) is 9.78 Å². The smallest absolute Gasteiger partial charge is 0.404 e. The number of benzene rings is 1. The molecule has 1 fully saturated rings. The average Bonchev–Trinajstić information content (AvgIpc) is 3.34. The summed E-state index contributed by atoms with van der Waals surface area (Å²) in [6, 6.07) is 7.57. The molecule has 5 rings (SSSR count). The van der Waals surface area contributed by atoms with Gasteiger partial charge in [0.15, 0.2) is 11.4 Å². The van der Waals surface area contributed by atoms with E-state index >= 15 is 0 Å². The third-order valence-corrected chi connectivity index (χ3v) is 6.99. The third kappa shape index (κ3) is 3.89. The standard InChI is InChI=1S/C24H28N6O4/c1-23(2)15-5-4-14(12-17(15)27-20(23)31)26-21-28-16-6-11-34-18(16)19(29-21)30-9-7-24(3,8-10-30)13-25-22(32)33/h4-6,11-12,25H,7-10,13H2,1-3H3,(H,27,31)(H,32,33)(H,26,28,29). The summed E-state index contributed by atoms with van der Waals surface area (Å²) in [6.45, 7) is 7.79. The van der Waals surface area contributed by atoms with E-state index in [1.54, 1.807) is 6.26 Å². The molecule has 10 heteroatoms. The predicted octanol–water partition coefficient (Wildman–Crippen LogP) is 4.07. The molecule has 1 aromatic carbocycles. The summed E-state index contributed by atoms with van der Waals surface area (Å²) in [6.07, 6.45) is 2.25. The summed E-state index contributed by atoms with van der Waals surface area (Å²) in [5.74, 6) is 1.13. The quantitative estimate of drug-likeness (QED) is 0.444. The zero-order chi connectivity index (χ0) is 24.1. The molecule has 1 saturated heterocycles. The van der Waals surface area contributed by atoms with Crippen molar-refractivity contribution in [1.82, 2.24) is 15.3 Å². The molecule has 0 bridgehead atoms. The molecular weight excluding hydrogens is 436 g/mol. The van der Waals surface area contributed by atoms with Crippen molar-refractivity contribution in [2.24, 2.45) is 5.41 Å². The van der Waals surface area contributed by atoms with Crippen LogP contribution in [0.15, 0.2) is 34.9 Å². The number of anilines is 4. The molecule has 0 radical (unpaired) electrons. The van der Waals surface area contributed by atoms with E-state index in [1.807, 2.05) is 38.1 Å². The Labute approximate surface area is 196 Å². The Hall–Kier alpha value is -3.82. The average molecular weight is 465 g/mol. The normalized spacial score (nSPS) is 18.4. The Bertz CT molecular complexity index is 1280. The van der Waals surface area contributed by atoms with E-state index in [0.717, 1.165) is 42.9 Å². The summed E-state index contributed by atoms with van der Waals surface area (Å²) in [5.41, 5.74) is 3.18. The van der Waals surface area contributed by atoms with Crippen molar-refractivity contribution in [2.75, 3.05) is 35.2 Å². The molecule has 0 atom stereocenters. The Morgan fingerprint density at radius 3 is 2.71 bits per heavy atom. The van der Waals surface area contributed by atoms with Crippen molar-refractivity contribution >= 4 is 46.2 Å². The van der Waals surface area contributed by atoms with Gasteiger partial charge in [0.1, 0.15) is 5.52 Å². The van der Waals surface area contributed by atoms with Crippen LogP contribution in [0, 0.1) is 5.41 Å². The highest BCUT2D eigenvalue weighted by Crippen LogP contribution is 2.39. The number of nitrogens with zero attached hydrogens (tertiary/aromatic N) is 3. The number of furan rings is 1. The van der Waals surface area contributed by atoms with E-state index in [4.69, 9.17) is 14.5 Å². The summed E-state index contributed by atoms with van der Waals surface area (Å²) in [5, 5.41) is 17.7. The van der Waals surface area contributed by atoms with Crippen LogP contribution in [0.1, 0.15) is 39.2 Å². The van der Waals surface area contributed by atoms with Crippen LogP contribution in [0.3, 0.4) is 0 Å². The van der Waals surface area contributed by atoms with Gasteiger partial charge in [-0.3, -0.25) is 4.79 Å². The summed E-state index contributed by atoms with van der Waals surface area (Å²) in [7, 11) is 0. The number of nitrogens with one attached hydrogen (secondary N) is 3. The first kappa shape index (κ1) is 22.0. The third-order valence-electron chi connectivity index (χ3n) is 6.99. The largest absolute Gasteiger partial charge is 0.465 e. The van der Waals surface area contributed by atoms with Crippen LogP contribution in [0.4, 0.5) is 27.9 Å². The second-order valence-corrected chi connectivity index (χ2v) is 9.93. The van der Waals surface area contributed by atoms with Crippen LogP contribution >= 0.6 is 0 Å². The molecule has 2 aliphatic heterocycles. The van der Waals surface area contributed by atoms with Gasteiger partial charge < -0.3 is 30.4 Å². The molecule has 0 saturated carbocycles. The van der Waals surface area contributed by atoms with Gasteiger partial charge in [0.25, 0.3) is 0 Å². The van der Waals surface area contributed by atoms with Crippen LogP contribution in [0.5, 0.6) is 0 Å². The lowest BCUT2D eigenvalue weighted by Crippen LogP contribution is -2.44. The van der Waals surface area contributed by atoms with Crippen LogP contribution in [-0.4, -0.2) is 46.7 Å². The van der Waals surface area contributed by atoms with Gasteiger partial charge in [-0.1, -0.05) is 13.0 Å². The van der Waals surface area contributed by atoms with Crippen molar-refractivity contribution in [3.05, 3.63) is 36.1 Å². The minimum absolute atomic E-state index is 0.0198. The first-order valence-corrected chi connectivity index (χ1v) is 11.3. The molecular formula is C24H28N6O4. The van der Waals surface area contributed by atoms with Gasteiger partial charge in [-0.15, -0.1) is 0 Å². The van der Waals surface area contributed by atoms with Crippen molar-refractivity contribution in [1.29, 1.82) is 0 Å². The summed E-state index contributed by atoms with van der Waals surface area (Å²) < 4.78 is 5.70. The number of carbonyl (C=O) groups excluding carboxylic acids is 1. The van der Waals surface area contributed by atoms with Crippen molar-refractivity contribution < 1.29 is 19.1 Å². The maximum atomic E-state index is 12.3. The molecule has 2 aromatic heterocycles. The fourth-order valence-corrected chi connectivity index (χ4v) is 4.64. The number of rotatable bonds is 5. The van der Waals surface area contributed by atoms with E-state index in [-0.39, 0.29) is 11.3 Å². The van der Waals surface area contributed by atoms with Gasteiger partial charge in [-0.05, 0) is 49.8 Å². The highest BCUT2D eigenvalue weighted by Gasteiger charge is 2.38. The van der Waals surface area contributed by atoms with Crippen LogP contribution in [0.2, 0.25) is 0 Å². The zero-order valence-electron chi connectivity index (χ0n) is 19.4. The van der Waals surface area contributed by atoms with E-state index in [9.17, 15) is 9.59 Å². The molecule has 4 heterocycles. The SMILES string of the molecule is CC1(CNC(=O)O)CCN(c2nc(Nc3ccc4c(c3)NC(=O)C4(C)C)nc3ccoc23)CC1. The highest BCUT2D eigenvalue weighted by atomic mass is 16.4. The Morgan fingerprint density at radius 1 is 1.21 bits per heavy atom. The van der Waals surface area contributed by atoms with Crippen LogP contribution in [-0.2, 0) is 10.2 Å². The molecule has 2 aliphatic rings. The van der Waals surface area contributed by atoms with E-state index < -0.39 is 11.5 Å². The first-order valence-electron chi connectivity index (χ1n) is 11.3. The first-order chi connectivity index (χ1) is 16.1. The number of amides is 2. The van der Waals surface area contributed by atoms with Crippen molar-refractivity contribution in [3.8, 4) is 0 Å². The minimum atomic E-state index is -0.998. The van der Waals surface area contributed by atoms with Crippen molar-refractivity contribution in [3.63, 3.8) is 0 Å². The molecule has 10 nitrogen and oxygen atoms in total. The number of aromatic nitrogens is 2. The maximum absolute atomic E-state index is 12.3. The monoisotopic (exact) mass is 464 g/mol. The Morgan fingerprint density at radius 2 is 1.97 bits per heavy atom. The summed E-state index contributed by atoms with van der Waals surface area (Å²) >= 11 is 0. The molecule has 3 aromatic rings. The second-order valence-electron chi connectivity index (χ2n) is 9.93.